The maximum Gasteiger partial charge on any atom is 0.153 e. The smallest absolute Gasteiger partial charge is 0.153 e. The zero-order chi connectivity index (χ0) is 13.2. The molecule has 102 valence electrons. The van der Waals surface area contributed by atoms with Crippen LogP contribution in [0.25, 0.3) is 11.5 Å². The van der Waals surface area contributed by atoms with Crippen LogP contribution in [0.3, 0.4) is 0 Å². The molecule has 0 saturated carbocycles. The molecule has 2 aromatic rings. The Morgan fingerprint density at radius 3 is 2.84 bits per heavy atom. The van der Waals surface area contributed by atoms with Gasteiger partial charge < -0.3 is 9.73 Å². The molecule has 1 saturated heterocycles. The number of hydrogen-bond donors (Lipinski definition) is 1. The number of piperazine rings is 1. The van der Waals surface area contributed by atoms with Crippen LogP contribution in [0, 0.1) is 6.92 Å². The van der Waals surface area contributed by atoms with Gasteiger partial charge in [0.15, 0.2) is 5.76 Å². The molecule has 1 fully saturated rings. The van der Waals surface area contributed by atoms with E-state index in [-0.39, 0.29) is 0 Å². The van der Waals surface area contributed by atoms with Crippen LogP contribution in [0.4, 0.5) is 0 Å². The second-order valence-electron chi connectivity index (χ2n) is 4.94. The lowest BCUT2D eigenvalue weighted by Crippen LogP contribution is -2.44. The van der Waals surface area contributed by atoms with Crippen molar-refractivity contribution in [1.82, 2.24) is 15.2 Å². The molecule has 1 atom stereocenters. The molecule has 3 heterocycles. The van der Waals surface area contributed by atoms with E-state index in [2.05, 4.69) is 22.5 Å². The van der Waals surface area contributed by atoms with E-state index in [0.29, 0.717) is 6.04 Å². The number of aryl methyl sites for hydroxylation is 1. The zero-order valence-electron chi connectivity index (χ0n) is 11.3. The van der Waals surface area contributed by atoms with Crippen molar-refractivity contribution in [3.8, 4) is 11.5 Å². The highest BCUT2D eigenvalue weighted by Gasteiger charge is 2.21. The molecule has 4 nitrogen and oxygen atoms in total. The summed E-state index contributed by atoms with van der Waals surface area (Å²) in [6.45, 7) is 8.52. The molecule has 3 rings (SSSR count). The summed E-state index contributed by atoms with van der Waals surface area (Å²) in [5.74, 6) is 1.80. The summed E-state index contributed by atoms with van der Waals surface area (Å²) < 4.78 is 5.63. The number of aromatic nitrogens is 1. The quantitative estimate of drug-likeness (QED) is 0.936. The summed E-state index contributed by atoms with van der Waals surface area (Å²) in [5, 5.41) is 6.64. The fourth-order valence-corrected chi connectivity index (χ4v) is 3.29. The van der Waals surface area contributed by atoms with Gasteiger partial charge in [-0.05, 0) is 26.0 Å². The lowest BCUT2D eigenvalue weighted by Gasteiger charge is -2.31. The second-order valence-corrected chi connectivity index (χ2v) is 5.83. The average Bonchev–Trinajstić information content (AvgIpc) is 3.07. The van der Waals surface area contributed by atoms with Gasteiger partial charge in [-0.15, -0.1) is 11.3 Å². The lowest BCUT2D eigenvalue weighted by atomic mass is 10.2. The molecule has 19 heavy (non-hydrogen) atoms. The third-order valence-electron chi connectivity index (χ3n) is 3.57. The molecular weight excluding hydrogens is 258 g/mol. The van der Waals surface area contributed by atoms with E-state index >= 15 is 0 Å². The molecule has 0 spiro atoms. The molecule has 0 radical (unpaired) electrons. The van der Waals surface area contributed by atoms with Crippen molar-refractivity contribution in [1.29, 1.82) is 0 Å². The third-order valence-corrected chi connectivity index (χ3v) is 4.59. The van der Waals surface area contributed by atoms with Crippen molar-refractivity contribution in [2.75, 3.05) is 26.2 Å². The van der Waals surface area contributed by atoms with Gasteiger partial charge in [-0.1, -0.05) is 0 Å². The Hall–Kier alpha value is -1.17. The van der Waals surface area contributed by atoms with E-state index in [9.17, 15) is 0 Å². The highest BCUT2D eigenvalue weighted by atomic mass is 32.1. The Morgan fingerprint density at radius 2 is 2.16 bits per heavy atom. The van der Waals surface area contributed by atoms with Gasteiger partial charge in [0, 0.05) is 31.6 Å². The van der Waals surface area contributed by atoms with Crippen LogP contribution in [0.5, 0.6) is 0 Å². The van der Waals surface area contributed by atoms with Gasteiger partial charge in [0.2, 0.25) is 0 Å². The van der Waals surface area contributed by atoms with Gasteiger partial charge in [0.1, 0.15) is 16.5 Å². The minimum absolute atomic E-state index is 0.386. The first-order valence-corrected chi connectivity index (χ1v) is 7.59. The van der Waals surface area contributed by atoms with E-state index in [1.807, 2.05) is 19.1 Å². The Bertz CT molecular complexity index is 542. The summed E-state index contributed by atoms with van der Waals surface area (Å²) in [5.41, 5.74) is 0.954. The molecule has 1 aliphatic rings. The maximum atomic E-state index is 5.63. The van der Waals surface area contributed by atoms with Crippen molar-refractivity contribution in [2.24, 2.45) is 0 Å². The average molecular weight is 277 g/mol. The predicted molar refractivity (Wildman–Crippen MR) is 77.4 cm³/mol. The van der Waals surface area contributed by atoms with E-state index in [1.54, 1.807) is 11.3 Å². The summed E-state index contributed by atoms with van der Waals surface area (Å²) in [4.78, 5) is 7.21. The van der Waals surface area contributed by atoms with Crippen LogP contribution < -0.4 is 5.32 Å². The monoisotopic (exact) mass is 277 g/mol. The Balaban J connectivity index is 1.76. The van der Waals surface area contributed by atoms with Crippen LogP contribution in [0.15, 0.2) is 21.9 Å². The molecule has 0 aliphatic carbocycles. The van der Waals surface area contributed by atoms with Crippen LogP contribution in [-0.4, -0.2) is 36.1 Å². The molecule has 0 amide bonds. The van der Waals surface area contributed by atoms with Crippen molar-refractivity contribution >= 4 is 11.3 Å². The summed E-state index contributed by atoms with van der Waals surface area (Å²) in [7, 11) is 0. The van der Waals surface area contributed by atoms with E-state index in [1.165, 1.54) is 5.01 Å². The van der Waals surface area contributed by atoms with Crippen LogP contribution in [0.1, 0.15) is 23.7 Å². The van der Waals surface area contributed by atoms with Gasteiger partial charge >= 0.3 is 0 Å². The van der Waals surface area contributed by atoms with Crippen LogP contribution >= 0.6 is 11.3 Å². The van der Waals surface area contributed by atoms with Gasteiger partial charge in [0.05, 0.1) is 6.04 Å². The minimum Gasteiger partial charge on any atom is -0.460 e. The van der Waals surface area contributed by atoms with Crippen molar-refractivity contribution < 1.29 is 4.42 Å². The van der Waals surface area contributed by atoms with Gasteiger partial charge in [-0.2, -0.15) is 0 Å². The fourth-order valence-electron chi connectivity index (χ4n) is 2.39. The first-order chi connectivity index (χ1) is 9.24. The summed E-state index contributed by atoms with van der Waals surface area (Å²) >= 11 is 1.72. The Morgan fingerprint density at radius 1 is 1.37 bits per heavy atom. The third kappa shape index (κ3) is 2.73. The molecule has 5 heteroatoms. The first-order valence-electron chi connectivity index (χ1n) is 6.71. The SMILES string of the molecule is Cc1ccc(-c2csc(C(C)N3CCNCC3)n2)o1. The highest BCUT2D eigenvalue weighted by molar-refractivity contribution is 7.10. The van der Waals surface area contributed by atoms with Crippen molar-refractivity contribution in [3.63, 3.8) is 0 Å². The Kier molecular flexibility index (Phi) is 3.68. The largest absolute Gasteiger partial charge is 0.460 e. The number of furan rings is 1. The molecule has 2 aromatic heterocycles. The van der Waals surface area contributed by atoms with Crippen molar-refractivity contribution in [3.05, 3.63) is 28.3 Å². The molecule has 0 aromatic carbocycles. The summed E-state index contributed by atoms with van der Waals surface area (Å²) in [6.07, 6.45) is 0. The number of nitrogens with zero attached hydrogens (tertiary/aromatic N) is 2. The van der Waals surface area contributed by atoms with E-state index in [0.717, 1.165) is 43.4 Å². The fraction of sp³-hybridized carbons (Fsp3) is 0.500. The summed E-state index contributed by atoms with van der Waals surface area (Å²) in [6, 6.07) is 4.36. The molecule has 1 N–H and O–H groups in total. The Labute approximate surface area is 117 Å². The molecular formula is C14H19N3OS. The topological polar surface area (TPSA) is 41.3 Å². The highest BCUT2D eigenvalue weighted by Crippen LogP contribution is 2.29. The second kappa shape index (κ2) is 5.45. The standard InChI is InChI=1S/C14H19N3OS/c1-10-3-4-13(18-10)12-9-19-14(16-12)11(2)17-7-5-15-6-8-17/h3-4,9,11,15H,5-8H2,1-2H3. The number of hydrogen-bond acceptors (Lipinski definition) is 5. The van der Waals surface area contributed by atoms with Crippen molar-refractivity contribution in [2.45, 2.75) is 19.9 Å². The molecule has 1 aliphatic heterocycles. The predicted octanol–water partition coefficient (Wildman–Crippen LogP) is 2.68. The number of thiazole rings is 1. The molecule has 0 bridgehead atoms. The normalized spacial score (nSPS) is 18.6. The zero-order valence-corrected chi connectivity index (χ0v) is 12.2. The van der Waals surface area contributed by atoms with Crippen LogP contribution in [0.2, 0.25) is 0 Å². The molecule has 1 unspecified atom stereocenters. The number of rotatable bonds is 3. The minimum atomic E-state index is 0.386. The van der Waals surface area contributed by atoms with Gasteiger partial charge in [-0.25, -0.2) is 4.98 Å². The van der Waals surface area contributed by atoms with Crippen LogP contribution in [-0.2, 0) is 0 Å². The van der Waals surface area contributed by atoms with E-state index < -0.39 is 0 Å². The van der Waals surface area contributed by atoms with Gasteiger partial charge in [-0.3, -0.25) is 4.90 Å². The maximum absolute atomic E-state index is 5.63. The van der Waals surface area contributed by atoms with E-state index in [4.69, 9.17) is 9.40 Å². The lowest BCUT2D eigenvalue weighted by molar-refractivity contribution is 0.185. The number of nitrogens with one attached hydrogen (secondary N) is 1. The first kappa shape index (κ1) is 12.8. The van der Waals surface area contributed by atoms with Gasteiger partial charge in [0.25, 0.3) is 0 Å².